The van der Waals surface area contributed by atoms with Crippen LogP contribution in [0.5, 0.6) is 0 Å². The SMILES string of the molecule is CCNC(Cc1ccc(C)cc1Cl)C(C)(C)OC. The van der Waals surface area contributed by atoms with Crippen LogP contribution in [-0.2, 0) is 11.2 Å². The number of nitrogens with one attached hydrogen (secondary N) is 1. The maximum Gasteiger partial charge on any atom is 0.0778 e. The summed E-state index contributed by atoms with van der Waals surface area (Å²) in [5, 5.41) is 4.32. The Labute approximate surface area is 116 Å². The molecule has 1 aromatic rings. The second-order valence-corrected chi connectivity index (χ2v) is 5.62. The highest BCUT2D eigenvalue weighted by Gasteiger charge is 2.29. The average Bonchev–Trinajstić information content (AvgIpc) is 2.31. The van der Waals surface area contributed by atoms with Crippen LogP contribution >= 0.6 is 11.6 Å². The molecule has 0 bridgehead atoms. The Bertz CT molecular complexity index is 390. The number of hydrogen-bond donors (Lipinski definition) is 1. The minimum Gasteiger partial charge on any atom is -0.377 e. The summed E-state index contributed by atoms with van der Waals surface area (Å²) in [5.41, 5.74) is 2.14. The quantitative estimate of drug-likeness (QED) is 0.852. The molecule has 3 heteroatoms. The maximum absolute atomic E-state index is 6.30. The molecule has 0 aliphatic heterocycles. The molecule has 1 rings (SSSR count). The predicted octanol–water partition coefficient (Wildman–Crippen LogP) is 3.59. The molecule has 1 N–H and O–H groups in total. The molecule has 0 saturated heterocycles. The van der Waals surface area contributed by atoms with Crippen molar-refractivity contribution in [2.75, 3.05) is 13.7 Å². The third-order valence-corrected chi connectivity index (χ3v) is 3.80. The van der Waals surface area contributed by atoms with E-state index in [4.69, 9.17) is 16.3 Å². The Balaban J connectivity index is 2.89. The van der Waals surface area contributed by atoms with Gasteiger partial charge in [0.15, 0.2) is 0 Å². The van der Waals surface area contributed by atoms with Gasteiger partial charge in [0.2, 0.25) is 0 Å². The fraction of sp³-hybridized carbons (Fsp3) is 0.600. The van der Waals surface area contributed by atoms with Crippen molar-refractivity contribution in [3.05, 3.63) is 34.3 Å². The Morgan fingerprint density at radius 3 is 2.56 bits per heavy atom. The minimum absolute atomic E-state index is 0.218. The summed E-state index contributed by atoms with van der Waals surface area (Å²) in [5.74, 6) is 0. The molecule has 0 amide bonds. The summed E-state index contributed by atoms with van der Waals surface area (Å²) < 4.78 is 5.58. The van der Waals surface area contributed by atoms with Gasteiger partial charge in [-0.05, 0) is 50.9 Å². The number of rotatable bonds is 6. The van der Waals surface area contributed by atoms with Crippen LogP contribution < -0.4 is 5.32 Å². The van der Waals surface area contributed by atoms with E-state index in [-0.39, 0.29) is 11.6 Å². The largest absolute Gasteiger partial charge is 0.377 e. The van der Waals surface area contributed by atoms with E-state index in [0.29, 0.717) is 0 Å². The number of aryl methyl sites for hydroxylation is 1. The van der Waals surface area contributed by atoms with E-state index in [0.717, 1.165) is 18.0 Å². The summed E-state index contributed by atoms with van der Waals surface area (Å²) in [4.78, 5) is 0. The summed E-state index contributed by atoms with van der Waals surface area (Å²) in [6.45, 7) is 9.28. The number of likely N-dealkylation sites (N-methyl/N-ethyl adjacent to an activating group) is 1. The second-order valence-electron chi connectivity index (χ2n) is 5.22. The Morgan fingerprint density at radius 1 is 1.39 bits per heavy atom. The predicted molar refractivity (Wildman–Crippen MR) is 78.4 cm³/mol. The Hall–Kier alpha value is -0.570. The first-order chi connectivity index (χ1) is 8.40. The standard InChI is InChI=1S/C15H24ClNO/c1-6-17-14(15(3,4)18-5)10-12-8-7-11(2)9-13(12)16/h7-9,14,17H,6,10H2,1-5H3. The van der Waals surface area contributed by atoms with Gasteiger partial charge < -0.3 is 10.1 Å². The molecular formula is C15H24ClNO. The van der Waals surface area contributed by atoms with E-state index in [1.807, 2.05) is 6.07 Å². The van der Waals surface area contributed by atoms with Crippen LogP contribution in [-0.4, -0.2) is 25.3 Å². The van der Waals surface area contributed by atoms with Crippen molar-refractivity contribution in [3.63, 3.8) is 0 Å². The van der Waals surface area contributed by atoms with Gasteiger partial charge in [0.25, 0.3) is 0 Å². The highest BCUT2D eigenvalue weighted by molar-refractivity contribution is 6.31. The zero-order valence-electron chi connectivity index (χ0n) is 12.0. The summed E-state index contributed by atoms with van der Waals surface area (Å²) in [6.07, 6.45) is 0.869. The first-order valence-electron chi connectivity index (χ1n) is 6.44. The zero-order chi connectivity index (χ0) is 13.8. The van der Waals surface area contributed by atoms with Crippen LogP contribution in [0, 0.1) is 6.92 Å². The lowest BCUT2D eigenvalue weighted by Crippen LogP contribution is -2.49. The number of halogens is 1. The van der Waals surface area contributed by atoms with Gasteiger partial charge in [-0.25, -0.2) is 0 Å². The van der Waals surface area contributed by atoms with Crippen molar-refractivity contribution in [1.82, 2.24) is 5.32 Å². The Morgan fingerprint density at radius 2 is 2.06 bits per heavy atom. The highest BCUT2D eigenvalue weighted by atomic mass is 35.5. The molecule has 0 fully saturated rings. The van der Waals surface area contributed by atoms with Crippen molar-refractivity contribution >= 4 is 11.6 Å². The van der Waals surface area contributed by atoms with Crippen LogP contribution in [0.2, 0.25) is 5.02 Å². The van der Waals surface area contributed by atoms with Gasteiger partial charge in [-0.2, -0.15) is 0 Å². The second kappa shape index (κ2) is 6.55. The fourth-order valence-electron chi connectivity index (χ4n) is 1.99. The van der Waals surface area contributed by atoms with Crippen LogP contribution in [0.1, 0.15) is 31.9 Å². The van der Waals surface area contributed by atoms with E-state index < -0.39 is 0 Å². The number of hydrogen-bond acceptors (Lipinski definition) is 2. The van der Waals surface area contributed by atoms with Gasteiger partial charge in [0.1, 0.15) is 0 Å². The molecule has 1 aromatic carbocycles. The molecule has 0 spiro atoms. The molecule has 0 radical (unpaired) electrons. The van der Waals surface area contributed by atoms with Gasteiger partial charge in [-0.15, -0.1) is 0 Å². The summed E-state index contributed by atoms with van der Waals surface area (Å²) >= 11 is 6.30. The van der Waals surface area contributed by atoms with E-state index in [1.165, 1.54) is 11.1 Å². The number of methoxy groups -OCH3 is 1. The highest BCUT2D eigenvalue weighted by Crippen LogP contribution is 2.23. The average molecular weight is 270 g/mol. The maximum atomic E-state index is 6.30. The van der Waals surface area contributed by atoms with Crippen LogP contribution in [0.3, 0.4) is 0 Å². The molecule has 0 aliphatic carbocycles. The topological polar surface area (TPSA) is 21.3 Å². The molecule has 1 atom stereocenters. The molecule has 102 valence electrons. The number of ether oxygens (including phenoxy) is 1. The minimum atomic E-state index is -0.218. The monoisotopic (exact) mass is 269 g/mol. The van der Waals surface area contributed by atoms with Gasteiger partial charge in [-0.1, -0.05) is 30.7 Å². The molecule has 0 heterocycles. The smallest absolute Gasteiger partial charge is 0.0778 e. The fourth-order valence-corrected chi connectivity index (χ4v) is 2.30. The van der Waals surface area contributed by atoms with E-state index in [1.54, 1.807) is 7.11 Å². The lowest BCUT2D eigenvalue weighted by atomic mass is 9.91. The van der Waals surface area contributed by atoms with Gasteiger partial charge >= 0.3 is 0 Å². The van der Waals surface area contributed by atoms with Gasteiger partial charge in [0.05, 0.1) is 5.60 Å². The zero-order valence-corrected chi connectivity index (χ0v) is 12.8. The molecule has 18 heavy (non-hydrogen) atoms. The van der Waals surface area contributed by atoms with Gasteiger partial charge in [0, 0.05) is 18.2 Å². The van der Waals surface area contributed by atoms with Crippen LogP contribution in [0.4, 0.5) is 0 Å². The summed E-state index contributed by atoms with van der Waals surface area (Å²) in [6, 6.07) is 6.46. The lowest BCUT2D eigenvalue weighted by Gasteiger charge is -2.34. The normalized spacial score (nSPS) is 13.7. The molecular weight excluding hydrogens is 246 g/mol. The van der Waals surface area contributed by atoms with E-state index >= 15 is 0 Å². The summed E-state index contributed by atoms with van der Waals surface area (Å²) in [7, 11) is 1.75. The number of benzene rings is 1. The molecule has 1 unspecified atom stereocenters. The van der Waals surface area contributed by atoms with Crippen molar-refractivity contribution < 1.29 is 4.74 Å². The molecule has 2 nitrogen and oxygen atoms in total. The first-order valence-corrected chi connectivity index (χ1v) is 6.82. The lowest BCUT2D eigenvalue weighted by molar-refractivity contribution is -0.00959. The van der Waals surface area contributed by atoms with E-state index in [9.17, 15) is 0 Å². The van der Waals surface area contributed by atoms with Gasteiger partial charge in [-0.3, -0.25) is 0 Å². The van der Waals surface area contributed by atoms with Crippen molar-refractivity contribution in [1.29, 1.82) is 0 Å². The van der Waals surface area contributed by atoms with Crippen molar-refractivity contribution in [3.8, 4) is 0 Å². The first kappa shape index (κ1) is 15.5. The van der Waals surface area contributed by atoms with Crippen molar-refractivity contribution in [2.24, 2.45) is 0 Å². The molecule has 0 saturated carbocycles. The molecule has 0 aromatic heterocycles. The van der Waals surface area contributed by atoms with Crippen LogP contribution in [0.25, 0.3) is 0 Å². The molecule has 0 aliphatic rings. The Kier molecular flexibility index (Phi) is 5.64. The van der Waals surface area contributed by atoms with Crippen LogP contribution in [0.15, 0.2) is 18.2 Å². The van der Waals surface area contributed by atoms with Crippen molar-refractivity contribution in [2.45, 2.75) is 45.8 Å². The third-order valence-electron chi connectivity index (χ3n) is 3.45. The third kappa shape index (κ3) is 3.98. The van der Waals surface area contributed by atoms with E-state index in [2.05, 4.69) is 45.1 Å².